The summed E-state index contributed by atoms with van der Waals surface area (Å²) in [5.41, 5.74) is 2.52. The quantitative estimate of drug-likeness (QED) is 0.162. The monoisotopic (exact) mass is 735 g/mol. The Labute approximate surface area is 291 Å². The topological polar surface area (TPSA) is 86.8 Å². The first-order valence-corrected chi connectivity index (χ1v) is 18.5. The Morgan fingerprint density at radius 3 is 2.15 bits per heavy atom. The molecule has 0 aromatic heterocycles. The van der Waals surface area contributed by atoms with Gasteiger partial charge in [-0.15, -0.1) is 0 Å². The van der Waals surface area contributed by atoms with Crippen LogP contribution >= 0.6 is 27.5 Å². The van der Waals surface area contributed by atoms with E-state index in [1.807, 2.05) is 54.6 Å². The molecule has 246 valence electrons. The van der Waals surface area contributed by atoms with Crippen LogP contribution in [0.2, 0.25) is 5.02 Å². The van der Waals surface area contributed by atoms with Gasteiger partial charge in [-0.25, -0.2) is 8.42 Å². The molecule has 1 fully saturated rings. The first kappa shape index (κ1) is 34.7. The summed E-state index contributed by atoms with van der Waals surface area (Å²) in [4.78, 5) is 30.5. The lowest BCUT2D eigenvalue weighted by atomic mass is 9.94. The molecule has 1 unspecified atom stereocenters. The van der Waals surface area contributed by atoms with Crippen LogP contribution in [0.1, 0.15) is 48.8 Å². The van der Waals surface area contributed by atoms with Crippen molar-refractivity contribution in [3.05, 3.63) is 129 Å². The number of benzene rings is 4. The second-order valence-electron chi connectivity index (χ2n) is 11.9. The van der Waals surface area contributed by atoms with Crippen LogP contribution < -0.4 is 9.62 Å². The van der Waals surface area contributed by atoms with E-state index in [0.29, 0.717) is 16.3 Å². The lowest BCUT2D eigenvalue weighted by molar-refractivity contribution is -0.140. The molecule has 2 amide bonds. The van der Waals surface area contributed by atoms with Crippen LogP contribution in [0.3, 0.4) is 0 Å². The van der Waals surface area contributed by atoms with Crippen molar-refractivity contribution in [3.8, 4) is 0 Å². The summed E-state index contributed by atoms with van der Waals surface area (Å²) in [5.74, 6) is -0.755. The number of sulfonamides is 1. The second kappa shape index (κ2) is 16.0. The minimum absolute atomic E-state index is 0.0308. The zero-order valence-electron chi connectivity index (χ0n) is 26.3. The van der Waals surface area contributed by atoms with Gasteiger partial charge >= 0.3 is 0 Å². The van der Waals surface area contributed by atoms with Crippen LogP contribution in [0.15, 0.2) is 112 Å². The molecular weight excluding hydrogens is 698 g/mol. The number of carbonyl (C=O) groups excluding carboxylic acids is 2. The molecule has 0 bridgehead atoms. The van der Waals surface area contributed by atoms with E-state index in [0.717, 1.165) is 52.0 Å². The van der Waals surface area contributed by atoms with Gasteiger partial charge in [0, 0.05) is 28.5 Å². The van der Waals surface area contributed by atoms with Crippen LogP contribution in [0.25, 0.3) is 0 Å². The molecule has 4 aromatic carbocycles. The van der Waals surface area contributed by atoms with E-state index >= 15 is 0 Å². The van der Waals surface area contributed by atoms with Gasteiger partial charge in [-0.3, -0.25) is 13.9 Å². The molecule has 4 aromatic rings. The van der Waals surface area contributed by atoms with Gasteiger partial charge in [0.25, 0.3) is 10.0 Å². The summed E-state index contributed by atoms with van der Waals surface area (Å²) in [6.45, 7) is 1.30. The average Bonchev–Trinajstić information content (AvgIpc) is 3.08. The normalized spacial score (nSPS) is 14.3. The Bertz CT molecular complexity index is 1770. The number of nitrogens with one attached hydrogen (secondary N) is 1. The van der Waals surface area contributed by atoms with E-state index in [-0.39, 0.29) is 29.8 Å². The zero-order valence-corrected chi connectivity index (χ0v) is 29.5. The van der Waals surface area contributed by atoms with Crippen LogP contribution in [-0.2, 0) is 32.6 Å². The minimum atomic E-state index is -4.21. The van der Waals surface area contributed by atoms with Gasteiger partial charge in [0.1, 0.15) is 12.6 Å². The van der Waals surface area contributed by atoms with E-state index in [9.17, 15) is 18.0 Å². The maximum absolute atomic E-state index is 14.7. The van der Waals surface area contributed by atoms with Crippen LogP contribution in [0.5, 0.6) is 0 Å². The zero-order chi connectivity index (χ0) is 33.4. The molecule has 0 heterocycles. The number of hydrogen-bond donors (Lipinski definition) is 1. The Morgan fingerprint density at radius 2 is 1.49 bits per heavy atom. The van der Waals surface area contributed by atoms with Crippen molar-refractivity contribution in [2.45, 2.75) is 69.0 Å². The van der Waals surface area contributed by atoms with Crippen molar-refractivity contribution >= 4 is 55.1 Å². The Hall–Kier alpha value is -3.66. The summed E-state index contributed by atoms with van der Waals surface area (Å²) in [6, 6.07) is 29.3. The third-order valence-electron chi connectivity index (χ3n) is 8.61. The van der Waals surface area contributed by atoms with Gasteiger partial charge in [0.15, 0.2) is 0 Å². The Morgan fingerprint density at radius 1 is 0.851 bits per heavy atom. The molecule has 1 saturated carbocycles. The van der Waals surface area contributed by atoms with Gasteiger partial charge in [0.2, 0.25) is 11.8 Å². The van der Waals surface area contributed by atoms with Crippen LogP contribution in [0, 0.1) is 6.92 Å². The van der Waals surface area contributed by atoms with E-state index < -0.39 is 28.5 Å². The van der Waals surface area contributed by atoms with Crippen LogP contribution in [0.4, 0.5) is 5.69 Å². The van der Waals surface area contributed by atoms with Gasteiger partial charge in [-0.05, 0) is 72.9 Å². The maximum atomic E-state index is 14.7. The Balaban J connectivity index is 1.58. The number of amides is 2. The minimum Gasteiger partial charge on any atom is -0.352 e. The molecule has 1 N–H and O–H groups in total. The second-order valence-corrected chi connectivity index (χ2v) is 15.1. The number of nitrogens with zero attached hydrogens (tertiary/aromatic N) is 2. The van der Waals surface area contributed by atoms with E-state index in [1.165, 1.54) is 17.0 Å². The Kier molecular flexibility index (Phi) is 11.8. The van der Waals surface area contributed by atoms with Gasteiger partial charge in [-0.1, -0.05) is 114 Å². The smallest absolute Gasteiger partial charge is 0.264 e. The van der Waals surface area contributed by atoms with E-state index in [2.05, 4.69) is 21.2 Å². The maximum Gasteiger partial charge on any atom is 0.264 e. The molecule has 0 saturated heterocycles. The highest BCUT2D eigenvalue weighted by Gasteiger charge is 2.36. The van der Waals surface area contributed by atoms with Gasteiger partial charge < -0.3 is 10.2 Å². The SMILES string of the molecule is Cc1c(Cl)cccc1N(CC(=O)N(Cc1ccc(Br)cc1)C(Cc1ccccc1)C(=O)NC1CCCCC1)S(=O)(=O)c1ccccc1. The van der Waals surface area contributed by atoms with E-state index in [4.69, 9.17) is 11.6 Å². The van der Waals surface area contributed by atoms with Crippen LogP contribution in [-0.4, -0.2) is 43.8 Å². The predicted octanol–water partition coefficient (Wildman–Crippen LogP) is 7.70. The van der Waals surface area contributed by atoms with Gasteiger partial charge in [0.05, 0.1) is 10.6 Å². The van der Waals surface area contributed by atoms with Crippen molar-refractivity contribution in [1.29, 1.82) is 0 Å². The number of hydrogen-bond acceptors (Lipinski definition) is 4. The highest BCUT2D eigenvalue weighted by atomic mass is 79.9. The van der Waals surface area contributed by atoms with E-state index in [1.54, 1.807) is 43.3 Å². The molecule has 1 aliphatic rings. The summed E-state index contributed by atoms with van der Waals surface area (Å²) < 4.78 is 30.5. The molecule has 5 rings (SSSR count). The number of anilines is 1. The number of halogens is 2. The van der Waals surface area contributed by atoms with Crippen molar-refractivity contribution in [3.63, 3.8) is 0 Å². The molecule has 0 aliphatic heterocycles. The molecule has 7 nitrogen and oxygen atoms in total. The first-order chi connectivity index (χ1) is 22.6. The summed E-state index contributed by atoms with van der Waals surface area (Å²) in [6.07, 6.45) is 5.28. The highest BCUT2D eigenvalue weighted by Crippen LogP contribution is 2.31. The predicted molar refractivity (Wildman–Crippen MR) is 191 cm³/mol. The highest BCUT2D eigenvalue weighted by molar-refractivity contribution is 9.10. The first-order valence-electron chi connectivity index (χ1n) is 15.8. The van der Waals surface area contributed by atoms with Crippen molar-refractivity contribution in [1.82, 2.24) is 10.2 Å². The third-order valence-corrected chi connectivity index (χ3v) is 11.3. The summed E-state index contributed by atoms with van der Waals surface area (Å²) in [5, 5.41) is 3.62. The summed E-state index contributed by atoms with van der Waals surface area (Å²) in [7, 11) is -4.21. The lowest BCUT2D eigenvalue weighted by Crippen LogP contribution is -2.55. The molecule has 0 radical (unpaired) electrons. The third kappa shape index (κ3) is 8.83. The molecule has 1 aliphatic carbocycles. The number of rotatable bonds is 12. The average molecular weight is 737 g/mol. The molecule has 10 heteroatoms. The largest absolute Gasteiger partial charge is 0.352 e. The van der Waals surface area contributed by atoms with Gasteiger partial charge in [-0.2, -0.15) is 0 Å². The standard InChI is InChI=1S/C37H39BrClN3O4S/c1-27-33(39)18-11-19-34(27)42(47(45,46)32-16-9-4-10-17-32)26-36(43)41(25-29-20-22-30(38)23-21-29)35(24-28-12-5-2-6-13-28)37(44)40-31-14-7-3-8-15-31/h2,4-6,9-13,16-23,31,35H,3,7-8,14-15,24-26H2,1H3,(H,40,44). The van der Waals surface area contributed by atoms with Crippen molar-refractivity contribution < 1.29 is 18.0 Å². The fourth-order valence-electron chi connectivity index (χ4n) is 5.98. The molecule has 1 atom stereocenters. The lowest BCUT2D eigenvalue weighted by Gasteiger charge is -2.35. The molecular formula is C37H39BrClN3O4S. The summed E-state index contributed by atoms with van der Waals surface area (Å²) >= 11 is 9.95. The molecule has 0 spiro atoms. The molecule has 47 heavy (non-hydrogen) atoms. The van der Waals surface area contributed by atoms with Crippen molar-refractivity contribution in [2.24, 2.45) is 0 Å². The van der Waals surface area contributed by atoms with Crippen molar-refractivity contribution in [2.75, 3.05) is 10.8 Å². The fourth-order valence-corrected chi connectivity index (χ4v) is 7.91. The fraction of sp³-hybridized carbons (Fsp3) is 0.297. The number of carbonyl (C=O) groups is 2.